The third-order valence-corrected chi connectivity index (χ3v) is 4.10. The molecule has 3 rings (SSSR count). The van der Waals surface area contributed by atoms with Crippen LogP contribution in [0.15, 0.2) is 42.6 Å². The van der Waals surface area contributed by atoms with Gasteiger partial charge in [-0.3, -0.25) is 4.90 Å². The van der Waals surface area contributed by atoms with Gasteiger partial charge in [-0.2, -0.15) is 4.39 Å². The zero-order chi connectivity index (χ0) is 14.7. The minimum absolute atomic E-state index is 0.408. The summed E-state index contributed by atoms with van der Waals surface area (Å²) < 4.78 is 13.2. The number of aromatic nitrogens is 1. The Morgan fingerprint density at radius 1 is 1.10 bits per heavy atom. The number of aryl methyl sites for hydroxylation is 1. The average molecular weight is 285 g/mol. The first-order chi connectivity index (χ1) is 10.2. The molecule has 1 saturated heterocycles. The molecule has 1 fully saturated rings. The van der Waals surface area contributed by atoms with Gasteiger partial charge in [0.05, 0.1) is 0 Å². The van der Waals surface area contributed by atoms with Crippen LogP contribution in [-0.2, 0) is 6.54 Å². The summed E-state index contributed by atoms with van der Waals surface area (Å²) >= 11 is 0. The molecule has 2 heterocycles. The molecule has 0 radical (unpaired) electrons. The summed E-state index contributed by atoms with van der Waals surface area (Å²) in [7, 11) is 0. The molecule has 3 nitrogen and oxygen atoms in total. The molecular formula is C17H20FN3. The summed E-state index contributed by atoms with van der Waals surface area (Å²) in [5.74, 6) is -0.408. The van der Waals surface area contributed by atoms with Gasteiger partial charge in [0.2, 0.25) is 5.95 Å². The van der Waals surface area contributed by atoms with Gasteiger partial charge >= 0.3 is 0 Å². The van der Waals surface area contributed by atoms with Crippen molar-refractivity contribution in [3.8, 4) is 0 Å². The number of piperazine rings is 1. The maximum Gasteiger partial charge on any atom is 0.214 e. The molecule has 1 aliphatic rings. The second kappa shape index (κ2) is 6.22. The zero-order valence-corrected chi connectivity index (χ0v) is 12.3. The van der Waals surface area contributed by atoms with E-state index in [4.69, 9.17) is 0 Å². The van der Waals surface area contributed by atoms with E-state index in [1.54, 1.807) is 0 Å². The van der Waals surface area contributed by atoms with Crippen molar-refractivity contribution in [1.82, 2.24) is 9.88 Å². The number of hydrogen-bond donors (Lipinski definition) is 0. The molecule has 1 aromatic heterocycles. The minimum atomic E-state index is -0.408. The topological polar surface area (TPSA) is 19.4 Å². The van der Waals surface area contributed by atoms with Crippen LogP contribution in [0, 0.1) is 12.9 Å². The van der Waals surface area contributed by atoms with Gasteiger partial charge in [0.25, 0.3) is 0 Å². The highest BCUT2D eigenvalue weighted by Crippen LogP contribution is 2.18. The maximum atomic E-state index is 13.2. The van der Waals surface area contributed by atoms with Gasteiger partial charge in [-0.1, -0.05) is 24.3 Å². The molecule has 0 aliphatic carbocycles. The highest BCUT2D eigenvalue weighted by Gasteiger charge is 2.18. The van der Waals surface area contributed by atoms with E-state index in [1.165, 1.54) is 23.4 Å². The van der Waals surface area contributed by atoms with E-state index in [2.05, 4.69) is 46.0 Å². The summed E-state index contributed by atoms with van der Waals surface area (Å²) in [6, 6.07) is 11.9. The van der Waals surface area contributed by atoms with Crippen LogP contribution in [-0.4, -0.2) is 36.1 Å². The Labute approximate surface area is 125 Å². The Hall–Kier alpha value is -1.94. The fourth-order valence-corrected chi connectivity index (χ4v) is 2.78. The highest BCUT2D eigenvalue weighted by atomic mass is 19.1. The van der Waals surface area contributed by atoms with Crippen LogP contribution in [0.2, 0.25) is 0 Å². The molecule has 0 unspecified atom stereocenters. The highest BCUT2D eigenvalue weighted by molar-refractivity contribution is 5.45. The molecule has 0 N–H and O–H groups in total. The van der Waals surface area contributed by atoms with Crippen molar-refractivity contribution in [1.29, 1.82) is 0 Å². The minimum Gasteiger partial charge on any atom is -0.369 e. The number of halogens is 1. The lowest BCUT2D eigenvalue weighted by molar-refractivity contribution is 0.249. The largest absolute Gasteiger partial charge is 0.369 e. The van der Waals surface area contributed by atoms with Crippen LogP contribution in [0.4, 0.5) is 10.1 Å². The van der Waals surface area contributed by atoms with E-state index in [1.807, 2.05) is 6.07 Å². The SMILES string of the molecule is Cc1ccccc1CN1CCN(c2ccnc(F)c2)CC1. The lowest BCUT2D eigenvalue weighted by atomic mass is 10.1. The van der Waals surface area contributed by atoms with E-state index in [-0.39, 0.29) is 0 Å². The second-order valence-corrected chi connectivity index (χ2v) is 5.53. The lowest BCUT2D eigenvalue weighted by Gasteiger charge is -2.36. The molecule has 0 saturated carbocycles. The first-order valence-electron chi connectivity index (χ1n) is 7.36. The van der Waals surface area contributed by atoms with Crippen molar-refractivity contribution in [2.24, 2.45) is 0 Å². The smallest absolute Gasteiger partial charge is 0.214 e. The zero-order valence-electron chi connectivity index (χ0n) is 12.3. The molecule has 4 heteroatoms. The van der Waals surface area contributed by atoms with Crippen molar-refractivity contribution >= 4 is 5.69 Å². The van der Waals surface area contributed by atoms with Gasteiger partial charge in [-0.05, 0) is 24.1 Å². The quantitative estimate of drug-likeness (QED) is 0.808. The van der Waals surface area contributed by atoms with Crippen molar-refractivity contribution in [2.45, 2.75) is 13.5 Å². The van der Waals surface area contributed by atoms with Gasteiger partial charge in [-0.15, -0.1) is 0 Å². The van der Waals surface area contributed by atoms with Crippen molar-refractivity contribution in [2.75, 3.05) is 31.1 Å². The van der Waals surface area contributed by atoms with Crippen molar-refractivity contribution < 1.29 is 4.39 Å². The number of nitrogens with zero attached hydrogens (tertiary/aromatic N) is 3. The third-order valence-electron chi connectivity index (χ3n) is 4.10. The Morgan fingerprint density at radius 3 is 2.57 bits per heavy atom. The third kappa shape index (κ3) is 3.39. The fourth-order valence-electron chi connectivity index (χ4n) is 2.78. The summed E-state index contributed by atoms with van der Waals surface area (Å²) in [4.78, 5) is 8.29. The van der Waals surface area contributed by atoms with Crippen LogP contribution in [0.5, 0.6) is 0 Å². The molecule has 1 aliphatic heterocycles. The molecular weight excluding hydrogens is 265 g/mol. The number of pyridine rings is 1. The maximum absolute atomic E-state index is 13.2. The Kier molecular flexibility index (Phi) is 4.15. The lowest BCUT2D eigenvalue weighted by Crippen LogP contribution is -2.46. The fraction of sp³-hybridized carbons (Fsp3) is 0.353. The predicted molar refractivity (Wildman–Crippen MR) is 82.9 cm³/mol. The van der Waals surface area contributed by atoms with E-state index in [0.717, 1.165) is 38.4 Å². The summed E-state index contributed by atoms with van der Waals surface area (Å²) in [5, 5.41) is 0. The predicted octanol–water partition coefficient (Wildman–Crippen LogP) is 2.85. The molecule has 2 aromatic rings. The molecule has 0 atom stereocenters. The number of hydrogen-bond acceptors (Lipinski definition) is 3. The van der Waals surface area contributed by atoms with E-state index in [9.17, 15) is 4.39 Å². The molecule has 0 amide bonds. The van der Waals surface area contributed by atoms with Gasteiger partial charge in [0, 0.05) is 50.7 Å². The summed E-state index contributed by atoms with van der Waals surface area (Å²) in [6.45, 7) is 7.00. The number of rotatable bonds is 3. The van der Waals surface area contributed by atoms with Crippen LogP contribution in [0.3, 0.4) is 0 Å². The molecule has 1 aromatic carbocycles. The van der Waals surface area contributed by atoms with Gasteiger partial charge in [-0.25, -0.2) is 4.98 Å². The average Bonchev–Trinajstić information content (AvgIpc) is 2.50. The molecule has 0 bridgehead atoms. The van der Waals surface area contributed by atoms with Gasteiger partial charge in [0.1, 0.15) is 0 Å². The van der Waals surface area contributed by atoms with E-state index >= 15 is 0 Å². The van der Waals surface area contributed by atoms with Crippen LogP contribution in [0.1, 0.15) is 11.1 Å². The Bertz CT molecular complexity index is 606. The van der Waals surface area contributed by atoms with Gasteiger partial charge < -0.3 is 4.90 Å². The monoisotopic (exact) mass is 285 g/mol. The first-order valence-corrected chi connectivity index (χ1v) is 7.36. The van der Waals surface area contributed by atoms with Crippen molar-refractivity contribution in [3.05, 3.63) is 59.7 Å². The molecule has 110 valence electrons. The van der Waals surface area contributed by atoms with E-state index in [0.29, 0.717) is 0 Å². The van der Waals surface area contributed by atoms with Gasteiger partial charge in [0.15, 0.2) is 0 Å². The first kappa shape index (κ1) is 14.0. The van der Waals surface area contributed by atoms with Crippen molar-refractivity contribution in [3.63, 3.8) is 0 Å². The Morgan fingerprint density at radius 2 is 1.86 bits per heavy atom. The standard InChI is InChI=1S/C17H20FN3/c1-14-4-2-3-5-15(14)13-20-8-10-21(11-9-20)16-6-7-19-17(18)12-16/h2-7,12H,8-11,13H2,1H3. The molecule has 0 spiro atoms. The molecule has 21 heavy (non-hydrogen) atoms. The second-order valence-electron chi connectivity index (χ2n) is 5.53. The number of benzene rings is 1. The number of anilines is 1. The summed E-state index contributed by atoms with van der Waals surface area (Å²) in [5.41, 5.74) is 3.66. The van der Waals surface area contributed by atoms with Crippen LogP contribution in [0.25, 0.3) is 0 Å². The van der Waals surface area contributed by atoms with E-state index < -0.39 is 5.95 Å². The Balaban J connectivity index is 1.59. The van der Waals surface area contributed by atoms with Crippen LogP contribution < -0.4 is 4.90 Å². The normalized spacial score (nSPS) is 16.2. The summed E-state index contributed by atoms with van der Waals surface area (Å²) in [6.07, 6.45) is 1.53. The van der Waals surface area contributed by atoms with Crippen LogP contribution >= 0.6 is 0 Å².